The second kappa shape index (κ2) is 8.69. The highest BCUT2D eigenvalue weighted by atomic mass is 19.1. The molecular formula is C19H20FN3O2. The molecule has 0 atom stereocenters. The Morgan fingerprint density at radius 2 is 2.12 bits per heavy atom. The van der Waals surface area contributed by atoms with Gasteiger partial charge in [0.1, 0.15) is 5.82 Å². The van der Waals surface area contributed by atoms with Crippen molar-refractivity contribution in [2.75, 3.05) is 17.7 Å². The Hall–Kier alpha value is -3.07. The Morgan fingerprint density at radius 1 is 1.32 bits per heavy atom. The van der Waals surface area contributed by atoms with Gasteiger partial charge in [-0.25, -0.2) is 9.37 Å². The number of carbonyl (C=O) groups is 1. The summed E-state index contributed by atoms with van der Waals surface area (Å²) in [6.07, 6.45) is 1.28. The molecule has 3 N–H and O–H groups in total. The van der Waals surface area contributed by atoms with E-state index in [1.54, 1.807) is 25.1 Å². The van der Waals surface area contributed by atoms with Crippen molar-refractivity contribution in [1.29, 1.82) is 0 Å². The second-order valence-electron chi connectivity index (χ2n) is 5.26. The highest BCUT2D eigenvalue weighted by Gasteiger charge is 2.15. The Labute approximate surface area is 146 Å². The highest BCUT2D eigenvalue weighted by Crippen LogP contribution is 2.25. The summed E-state index contributed by atoms with van der Waals surface area (Å²) in [5.41, 5.74) is 6.64. The summed E-state index contributed by atoms with van der Waals surface area (Å²) in [6.45, 7) is 4.00. The number of amides is 1. The van der Waals surface area contributed by atoms with E-state index in [1.165, 1.54) is 12.1 Å². The molecule has 25 heavy (non-hydrogen) atoms. The summed E-state index contributed by atoms with van der Waals surface area (Å²) in [7, 11) is 0. The van der Waals surface area contributed by atoms with E-state index in [1.807, 2.05) is 6.92 Å². The number of nitrogens with two attached hydrogens (primary N) is 1. The molecule has 0 saturated heterocycles. The van der Waals surface area contributed by atoms with E-state index < -0.39 is 11.7 Å². The molecule has 0 fully saturated rings. The van der Waals surface area contributed by atoms with Crippen LogP contribution in [0.15, 0.2) is 30.3 Å². The first kappa shape index (κ1) is 18.3. The number of aryl methyl sites for hydroxylation is 1. The van der Waals surface area contributed by atoms with Crippen molar-refractivity contribution in [1.82, 2.24) is 4.98 Å². The van der Waals surface area contributed by atoms with E-state index in [9.17, 15) is 9.18 Å². The van der Waals surface area contributed by atoms with Gasteiger partial charge < -0.3 is 15.8 Å². The van der Waals surface area contributed by atoms with Gasteiger partial charge in [0.05, 0.1) is 17.9 Å². The number of nitrogens with zero attached hydrogens (tertiary/aromatic N) is 1. The van der Waals surface area contributed by atoms with E-state index in [-0.39, 0.29) is 29.4 Å². The van der Waals surface area contributed by atoms with Crippen LogP contribution in [0.5, 0.6) is 5.75 Å². The average Bonchev–Trinajstić information content (AvgIpc) is 2.57. The number of hydrogen-bond donors (Lipinski definition) is 2. The van der Waals surface area contributed by atoms with Gasteiger partial charge in [-0.3, -0.25) is 4.79 Å². The van der Waals surface area contributed by atoms with Gasteiger partial charge >= 0.3 is 0 Å². The molecule has 0 aliphatic rings. The molecular weight excluding hydrogens is 321 g/mol. The predicted octanol–water partition coefficient (Wildman–Crippen LogP) is 3.55. The molecule has 5 nitrogen and oxygen atoms in total. The topological polar surface area (TPSA) is 77.2 Å². The lowest BCUT2D eigenvalue weighted by atomic mass is 10.2. The zero-order valence-corrected chi connectivity index (χ0v) is 14.2. The number of aromatic nitrogens is 1. The molecule has 1 amide bonds. The third-order valence-electron chi connectivity index (χ3n) is 3.31. The molecule has 2 rings (SSSR count). The zero-order valence-electron chi connectivity index (χ0n) is 14.2. The standard InChI is InChI=1S/C19H20FN3O2/c1-3-4-5-6-12-25-16-9-7-8-15(17(16)20)23-19(24)14-11-10-13(2)22-18(14)21/h7-11H,3,6,12H2,1-2H3,(H2,21,22)(H,23,24). The highest BCUT2D eigenvalue weighted by molar-refractivity contribution is 6.07. The van der Waals surface area contributed by atoms with Crippen molar-refractivity contribution in [2.24, 2.45) is 0 Å². The van der Waals surface area contributed by atoms with Gasteiger partial charge in [-0.05, 0) is 31.2 Å². The van der Waals surface area contributed by atoms with Crippen LogP contribution in [0.3, 0.4) is 0 Å². The molecule has 130 valence electrons. The number of benzene rings is 1. The molecule has 0 aliphatic carbocycles. The molecule has 0 unspecified atom stereocenters. The molecule has 0 bridgehead atoms. The first-order chi connectivity index (χ1) is 12.0. The molecule has 1 aromatic heterocycles. The Balaban J connectivity index is 2.09. The van der Waals surface area contributed by atoms with Crippen LogP contribution in [0.25, 0.3) is 0 Å². The maximum Gasteiger partial charge on any atom is 0.259 e. The Kier molecular flexibility index (Phi) is 6.35. The minimum atomic E-state index is -0.641. The summed E-state index contributed by atoms with van der Waals surface area (Å²) in [5.74, 6) is 4.82. The van der Waals surface area contributed by atoms with Gasteiger partial charge in [0.15, 0.2) is 11.6 Å². The van der Waals surface area contributed by atoms with Crippen molar-refractivity contribution >= 4 is 17.4 Å². The number of ether oxygens (including phenoxy) is 1. The molecule has 0 saturated carbocycles. The van der Waals surface area contributed by atoms with Gasteiger partial charge in [0, 0.05) is 18.5 Å². The van der Waals surface area contributed by atoms with Crippen molar-refractivity contribution in [3.05, 3.63) is 47.4 Å². The maximum absolute atomic E-state index is 14.5. The average molecular weight is 341 g/mol. The minimum absolute atomic E-state index is 0.0158. The van der Waals surface area contributed by atoms with Gasteiger partial charge in [0.25, 0.3) is 5.91 Å². The van der Waals surface area contributed by atoms with Gasteiger partial charge in [-0.1, -0.05) is 18.9 Å². The SMILES string of the molecule is CCC#CCCOc1cccc(NC(=O)c2ccc(C)nc2N)c1F. The quantitative estimate of drug-likeness (QED) is 0.644. The van der Waals surface area contributed by atoms with Crippen molar-refractivity contribution < 1.29 is 13.9 Å². The number of pyridine rings is 1. The Bertz CT molecular complexity index is 825. The lowest BCUT2D eigenvalue weighted by Crippen LogP contribution is -2.16. The summed E-state index contributed by atoms with van der Waals surface area (Å²) >= 11 is 0. The molecule has 0 radical (unpaired) electrons. The van der Waals surface area contributed by atoms with Gasteiger partial charge in [0.2, 0.25) is 0 Å². The fourth-order valence-electron chi connectivity index (χ4n) is 2.10. The molecule has 6 heteroatoms. The van der Waals surface area contributed by atoms with Crippen LogP contribution in [-0.4, -0.2) is 17.5 Å². The number of nitrogen functional groups attached to an aromatic ring is 1. The van der Waals surface area contributed by atoms with Gasteiger partial charge in [-0.2, -0.15) is 0 Å². The number of nitrogens with one attached hydrogen (secondary N) is 1. The second-order valence-corrected chi connectivity index (χ2v) is 5.26. The lowest BCUT2D eigenvalue weighted by Gasteiger charge is -2.11. The summed E-state index contributed by atoms with van der Waals surface area (Å²) < 4.78 is 19.9. The fraction of sp³-hybridized carbons (Fsp3) is 0.263. The Morgan fingerprint density at radius 3 is 2.84 bits per heavy atom. The van der Waals surface area contributed by atoms with E-state index >= 15 is 0 Å². The minimum Gasteiger partial charge on any atom is -0.489 e. The normalized spacial score (nSPS) is 9.88. The summed E-state index contributed by atoms with van der Waals surface area (Å²) in [5, 5.41) is 2.50. The smallest absolute Gasteiger partial charge is 0.259 e. The number of rotatable bonds is 5. The third kappa shape index (κ3) is 4.95. The largest absolute Gasteiger partial charge is 0.489 e. The van der Waals surface area contributed by atoms with Crippen LogP contribution < -0.4 is 15.8 Å². The van der Waals surface area contributed by atoms with Crippen molar-refractivity contribution in [3.8, 4) is 17.6 Å². The first-order valence-electron chi connectivity index (χ1n) is 7.94. The monoisotopic (exact) mass is 341 g/mol. The number of halogens is 1. The number of carbonyl (C=O) groups excluding carboxylic acids is 1. The molecule has 0 spiro atoms. The van der Waals surface area contributed by atoms with Crippen LogP contribution in [-0.2, 0) is 0 Å². The number of hydrogen-bond acceptors (Lipinski definition) is 4. The molecule has 2 aromatic rings. The summed E-state index contributed by atoms with van der Waals surface area (Å²) in [6, 6.07) is 7.77. The molecule has 0 aliphatic heterocycles. The predicted molar refractivity (Wildman–Crippen MR) is 95.9 cm³/mol. The first-order valence-corrected chi connectivity index (χ1v) is 7.94. The van der Waals surface area contributed by atoms with Crippen LogP contribution in [0, 0.1) is 24.6 Å². The molecule has 1 heterocycles. The van der Waals surface area contributed by atoms with Crippen molar-refractivity contribution in [3.63, 3.8) is 0 Å². The molecule has 1 aromatic carbocycles. The van der Waals surface area contributed by atoms with Crippen LogP contribution in [0.1, 0.15) is 35.8 Å². The zero-order chi connectivity index (χ0) is 18.2. The third-order valence-corrected chi connectivity index (χ3v) is 3.31. The van der Waals surface area contributed by atoms with E-state index in [0.717, 1.165) is 6.42 Å². The van der Waals surface area contributed by atoms with Crippen molar-refractivity contribution in [2.45, 2.75) is 26.7 Å². The maximum atomic E-state index is 14.5. The van der Waals surface area contributed by atoms with E-state index in [4.69, 9.17) is 10.5 Å². The lowest BCUT2D eigenvalue weighted by molar-refractivity contribution is 0.102. The van der Waals surface area contributed by atoms with E-state index in [0.29, 0.717) is 12.1 Å². The summed E-state index contributed by atoms with van der Waals surface area (Å²) in [4.78, 5) is 16.3. The number of anilines is 2. The van der Waals surface area contributed by atoms with Crippen LogP contribution in [0.2, 0.25) is 0 Å². The van der Waals surface area contributed by atoms with Crippen LogP contribution >= 0.6 is 0 Å². The van der Waals surface area contributed by atoms with E-state index in [2.05, 4.69) is 22.1 Å². The van der Waals surface area contributed by atoms with Gasteiger partial charge in [-0.15, -0.1) is 5.92 Å². The van der Waals surface area contributed by atoms with Crippen LogP contribution in [0.4, 0.5) is 15.9 Å². The fourth-order valence-corrected chi connectivity index (χ4v) is 2.10.